The first-order valence-electron chi connectivity index (χ1n) is 8.50. The maximum Gasteiger partial charge on any atom is 0.407 e. The van der Waals surface area contributed by atoms with Crippen molar-refractivity contribution >= 4 is 12.1 Å². The van der Waals surface area contributed by atoms with Crippen molar-refractivity contribution in [3.63, 3.8) is 0 Å². The van der Waals surface area contributed by atoms with Crippen molar-refractivity contribution < 1.29 is 14.3 Å². The molecule has 25 heavy (non-hydrogen) atoms. The molecule has 0 heterocycles. The third-order valence-electron chi connectivity index (χ3n) is 2.93. The van der Waals surface area contributed by atoms with Gasteiger partial charge in [0.15, 0.2) is 5.96 Å². The molecule has 0 atom stereocenters. The standard InChI is InChI=1S/C18H30N4O3/c1-18(2,3)25-17(23)22-13-12-21-16(19-4)20-11-8-14-24-15-9-6-5-7-10-15/h5-7,9-10H,8,11-14H2,1-4H3,(H,22,23)(H2,19,20,21). The molecule has 3 N–H and O–H groups in total. The SMILES string of the molecule is CN=C(NCCCOc1ccccc1)NCCNC(=O)OC(C)(C)C. The zero-order chi connectivity index (χ0) is 18.5. The quantitative estimate of drug-likeness (QED) is 0.380. The molecule has 1 aromatic rings. The zero-order valence-corrected chi connectivity index (χ0v) is 15.6. The number of hydrogen-bond donors (Lipinski definition) is 3. The van der Waals surface area contributed by atoms with Crippen LogP contribution in [0, 0.1) is 0 Å². The van der Waals surface area contributed by atoms with E-state index in [0.29, 0.717) is 25.7 Å². The van der Waals surface area contributed by atoms with E-state index in [1.165, 1.54) is 0 Å². The highest BCUT2D eigenvalue weighted by Crippen LogP contribution is 2.08. The van der Waals surface area contributed by atoms with Gasteiger partial charge >= 0.3 is 6.09 Å². The van der Waals surface area contributed by atoms with Gasteiger partial charge in [-0.05, 0) is 39.3 Å². The number of carbonyl (C=O) groups is 1. The molecule has 0 aliphatic carbocycles. The van der Waals surface area contributed by atoms with E-state index in [9.17, 15) is 4.79 Å². The van der Waals surface area contributed by atoms with Gasteiger partial charge in [-0.2, -0.15) is 0 Å². The highest BCUT2D eigenvalue weighted by molar-refractivity contribution is 5.79. The highest BCUT2D eigenvalue weighted by Gasteiger charge is 2.15. The van der Waals surface area contributed by atoms with Crippen molar-refractivity contribution in [3.05, 3.63) is 30.3 Å². The lowest BCUT2D eigenvalue weighted by Crippen LogP contribution is -2.42. The van der Waals surface area contributed by atoms with Crippen LogP contribution in [0.1, 0.15) is 27.2 Å². The van der Waals surface area contributed by atoms with Gasteiger partial charge in [0.1, 0.15) is 11.4 Å². The summed E-state index contributed by atoms with van der Waals surface area (Å²) in [5.74, 6) is 1.56. The molecule has 0 unspecified atom stereocenters. The van der Waals surface area contributed by atoms with E-state index in [0.717, 1.165) is 18.7 Å². The molecule has 0 saturated heterocycles. The van der Waals surface area contributed by atoms with Crippen LogP contribution in [0.2, 0.25) is 0 Å². The van der Waals surface area contributed by atoms with Crippen molar-refractivity contribution in [1.82, 2.24) is 16.0 Å². The normalized spacial score (nSPS) is 11.6. The predicted octanol–water partition coefficient (Wildman–Crippen LogP) is 2.15. The fraction of sp³-hybridized carbons (Fsp3) is 0.556. The van der Waals surface area contributed by atoms with Crippen LogP contribution in [0.3, 0.4) is 0 Å². The van der Waals surface area contributed by atoms with Crippen LogP contribution in [0.5, 0.6) is 5.75 Å². The first-order valence-corrected chi connectivity index (χ1v) is 8.50. The fourth-order valence-electron chi connectivity index (χ4n) is 1.87. The van der Waals surface area contributed by atoms with Crippen LogP contribution in [0.4, 0.5) is 4.79 Å². The molecule has 0 saturated carbocycles. The van der Waals surface area contributed by atoms with E-state index in [2.05, 4.69) is 20.9 Å². The van der Waals surface area contributed by atoms with Crippen LogP contribution in [0.15, 0.2) is 35.3 Å². The van der Waals surface area contributed by atoms with E-state index in [4.69, 9.17) is 9.47 Å². The Morgan fingerprint density at radius 3 is 2.32 bits per heavy atom. The number of guanidine groups is 1. The smallest absolute Gasteiger partial charge is 0.407 e. The van der Waals surface area contributed by atoms with E-state index >= 15 is 0 Å². The molecule has 1 aromatic carbocycles. The Morgan fingerprint density at radius 1 is 1.04 bits per heavy atom. The summed E-state index contributed by atoms with van der Waals surface area (Å²) in [4.78, 5) is 15.6. The fourth-order valence-corrected chi connectivity index (χ4v) is 1.87. The molecule has 0 fully saturated rings. The number of carbonyl (C=O) groups excluding carboxylic acids is 1. The molecule has 0 aliphatic heterocycles. The summed E-state index contributed by atoms with van der Waals surface area (Å²) in [6, 6.07) is 9.73. The first-order chi connectivity index (χ1) is 11.9. The second-order valence-corrected chi connectivity index (χ2v) is 6.37. The summed E-state index contributed by atoms with van der Waals surface area (Å²) in [7, 11) is 1.71. The summed E-state index contributed by atoms with van der Waals surface area (Å²) in [5.41, 5.74) is -0.489. The lowest BCUT2D eigenvalue weighted by molar-refractivity contribution is 0.0529. The predicted molar refractivity (Wildman–Crippen MR) is 100 cm³/mol. The second kappa shape index (κ2) is 11.2. The molecule has 0 aliphatic rings. The number of ether oxygens (including phenoxy) is 2. The van der Waals surface area contributed by atoms with Gasteiger partial charge in [0.25, 0.3) is 0 Å². The molecule has 0 radical (unpaired) electrons. The number of nitrogens with one attached hydrogen (secondary N) is 3. The van der Waals surface area contributed by atoms with Crippen molar-refractivity contribution in [2.75, 3.05) is 33.3 Å². The summed E-state index contributed by atoms with van der Waals surface area (Å²) in [6.45, 7) is 7.88. The Balaban J connectivity index is 2.07. The minimum atomic E-state index is -0.489. The van der Waals surface area contributed by atoms with Crippen LogP contribution in [-0.4, -0.2) is 50.9 Å². The third-order valence-corrected chi connectivity index (χ3v) is 2.93. The molecule has 0 bridgehead atoms. The van der Waals surface area contributed by atoms with E-state index in [-0.39, 0.29) is 0 Å². The Kier molecular flexibility index (Phi) is 9.21. The lowest BCUT2D eigenvalue weighted by Gasteiger charge is -2.19. The Labute approximate surface area is 150 Å². The molecule has 1 amide bonds. The minimum absolute atomic E-state index is 0.421. The van der Waals surface area contributed by atoms with Crippen molar-refractivity contribution in [2.45, 2.75) is 32.8 Å². The first kappa shape index (κ1) is 20.6. The number of nitrogens with zero attached hydrogens (tertiary/aromatic N) is 1. The van der Waals surface area contributed by atoms with Gasteiger partial charge in [0.2, 0.25) is 0 Å². The molecule has 7 heteroatoms. The molecular formula is C18H30N4O3. The van der Waals surface area contributed by atoms with Gasteiger partial charge in [0.05, 0.1) is 6.61 Å². The number of alkyl carbamates (subject to hydrolysis) is 1. The maximum atomic E-state index is 11.5. The topological polar surface area (TPSA) is 84.0 Å². The number of aliphatic imine (C=N–C) groups is 1. The Hall–Kier alpha value is -2.44. The van der Waals surface area contributed by atoms with E-state index in [1.807, 2.05) is 51.1 Å². The molecule has 0 spiro atoms. The lowest BCUT2D eigenvalue weighted by atomic mass is 10.2. The van der Waals surface area contributed by atoms with Gasteiger partial charge in [-0.3, -0.25) is 4.99 Å². The molecule has 140 valence electrons. The number of rotatable bonds is 8. The molecule has 7 nitrogen and oxygen atoms in total. The highest BCUT2D eigenvalue weighted by atomic mass is 16.6. The van der Waals surface area contributed by atoms with Crippen molar-refractivity contribution in [1.29, 1.82) is 0 Å². The summed E-state index contributed by atoms with van der Waals surface area (Å²) in [5, 5.41) is 9.01. The van der Waals surface area contributed by atoms with E-state index in [1.54, 1.807) is 7.05 Å². The van der Waals surface area contributed by atoms with Gasteiger partial charge in [-0.1, -0.05) is 18.2 Å². The van der Waals surface area contributed by atoms with Gasteiger partial charge in [-0.25, -0.2) is 4.79 Å². The summed E-state index contributed by atoms with van der Waals surface area (Å²) < 4.78 is 10.8. The summed E-state index contributed by atoms with van der Waals surface area (Å²) in [6.07, 6.45) is 0.432. The van der Waals surface area contributed by atoms with E-state index < -0.39 is 11.7 Å². The average molecular weight is 350 g/mol. The van der Waals surface area contributed by atoms with Gasteiger partial charge in [-0.15, -0.1) is 0 Å². The summed E-state index contributed by atoms with van der Waals surface area (Å²) >= 11 is 0. The average Bonchev–Trinajstić information content (AvgIpc) is 2.55. The molecular weight excluding hydrogens is 320 g/mol. The van der Waals surface area contributed by atoms with Crippen LogP contribution in [-0.2, 0) is 4.74 Å². The number of amides is 1. The van der Waals surface area contributed by atoms with Gasteiger partial charge in [0, 0.05) is 26.7 Å². The van der Waals surface area contributed by atoms with Crippen LogP contribution in [0.25, 0.3) is 0 Å². The van der Waals surface area contributed by atoms with Crippen molar-refractivity contribution in [3.8, 4) is 5.75 Å². The largest absolute Gasteiger partial charge is 0.494 e. The molecule has 1 rings (SSSR count). The van der Waals surface area contributed by atoms with Gasteiger partial charge < -0.3 is 25.4 Å². The minimum Gasteiger partial charge on any atom is -0.494 e. The number of para-hydroxylation sites is 1. The number of hydrogen-bond acceptors (Lipinski definition) is 4. The van der Waals surface area contributed by atoms with Crippen LogP contribution >= 0.6 is 0 Å². The maximum absolute atomic E-state index is 11.5. The third kappa shape index (κ3) is 10.9. The van der Waals surface area contributed by atoms with Crippen LogP contribution < -0.4 is 20.7 Å². The molecule has 0 aromatic heterocycles. The Bertz CT molecular complexity index is 527. The number of benzene rings is 1. The Morgan fingerprint density at radius 2 is 1.68 bits per heavy atom. The monoisotopic (exact) mass is 350 g/mol. The second-order valence-electron chi connectivity index (χ2n) is 6.37. The van der Waals surface area contributed by atoms with Crippen molar-refractivity contribution in [2.24, 2.45) is 4.99 Å². The zero-order valence-electron chi connectivity index (χ0n) is 15.6.